The first kappa shape index (κ1) is 22.6. The van der Waals surface area contributed by atoms with Crippen LogP contribution >= 0.6 is 24.0 Å². The number of halogens is 2. The molecule has 2 fully saturated rings. The zero-order valence-electron chi connectivity index (χ0n) is 16.3. The third-order valence-corrected chi connectivity index (χ3v) is 5.21. The van der Waals surface area contributed by atoms with E-state index in [0.29, 0.717) is 18.9 Å². The lowest BCUT2D eigenvalue weighted by molar-refractivity contribution is -0.127. The first-order valence-electron chi connectivity index (χ1n) is 9.77. The Morgan fingerprint density at radius 2 is 2.11 bits per heavy atom. The number of hydrogen-bond acceptors (Lipinski definition) is 4. The number of rotatable bonds is 7. The summed E-state index contributed by atoms with van der Waals surface area (Å²) in [6, 6.07) is 3.23. The zero-order valence-corrected chi connectivity index (χ0v) is 18.6. The largest absolute Gasteiger partial charge is 0.356 e. The van der Waals surface area contributed by atoms with E-state index in [1.807, 2.05) is 4.90 Å². The van der Waals surface area contributed by atoms with Crippen molar-refractivity contribution in [2.24, 2.45) is 10.9 Å². The van der Waals surface area contributed by atoms with Crippen molar-refractivity contribution in [2.75, 3.05) is 38.1 Å². The van der Waals surface area contributed by atoms with Gasteiger partial charge in [-0.15, -0.1) is 24.0 Å². The van der Waals surface area contributed by atoms with E-state index in [1.54, 1.807) is 19.3 Å². The van der Waals surface area contributed by atoms with Crippen LogP contribution < -0.4 is 20.9 Å². The molecule has 0 aromatic carbocycles. The number of carbonyl (C=O) groups is 1. The van der Waals surface area contributed by atoms with Gasteiger partial charge in [-0.2, -0.15) is 0 Å². The molecule has 1 aliphatic heterocycles. The highest BCUT2D eigenvalue weighted by molar-refractivity contribution is 14.0. The second kappa shape index (κ2) is 11.4. The number of pyridine rings is 1. The molecule has 1 saturated heterocycles. The lowest BCUT2D eigenvalue weighted by Crippen LogP contribution is -2.45. The number of nitrogens with zero attached hydrogens (tertiary/aromatic N) is 3. The van der Waals surface area contributed by atoms with E-state index in [9.17, 15) is 9.18 Å². The molecule has 1 amide bonds. The summed E-state index contributed by atoms with van der Waals surface area (Å²) in [5.41, 5.74) is 0. The van der Waals surface area contributed by atoms with Gasteiger partial charge in [0.25, 0.3) is 0 Å². The Morgan fingerprint density at radius 3 is 2.79 bits per heavy atom. The molecule has 3 rings (SSSR count). The van der Waals surface area contributed by atoms with Gasteiger partial charge in [0.1, 0.15) is 0 Å². The van der Waals surface area contributed by atoms with Gasteiger partial charge in [0.2, 0.25) is 5.91 Å². The molecule has 0 radical (unpaired) electrons. The number of anilines is 1. The predicted octanol–water partition coefficient (Wildman–Crippen LogP) is 1.89. The summed E-state index contributed by atoms with van der Waals surface area (Å²) in [5.74, 6) is 1.28. The Hall–Kier alpha value is -1.65. The van der Waals surface area contributed by atoms with Crippen LogP contribution in [0.1, 0.15) is 32.1 Å². The molecule has 1 aromatic rings. The lowest BCUT2D eigenvalue weighted by atomic mass is 9.85. The minimum atomic E-state index is -0.287. The topological polar surface area (TPSA) is 81.6 Å². The van der Waals surface area contributed by atoms with Gasteiger partial charge < -0.3 is 20.9 Å². The molecule has 0 spiro atoms. The van der Waals surface area contributed by atoms with Crippen molar-refractivity contribution in [1.82, 2.24) is 20.9 Å². The Labute approximate surface area is 183 Å². The van der Waals surface area contributed by atoms with E-state index in [0.717, 1.165) is 44.7 Å². The van der Waals surface area contributed by atoms with Crippen molar-refractivity contribution >= 4 is 41.7 Å². The number of hydrogen-bond donors (Lipinski definition) is 3. The third-order valence-electron chi connectivity index (χ3n) is 5.21. The van der Waals surface area contributed by atoms with E-state index in [-0.39, 0.29) is 47.7 Å². The average molecular weight is 504 g/mol. The van der Waals surface area contributed by atoms with Gasteiger partial charge in [0.05, 0.1) is 0 Å². The maximum atomic E-state index is 13.9. The summed E-state index contributed by atoms with van der Waals surface area (Å²) in [4.78, 5) is 22.1. The van der Waals surface area contributed by atoms with Crippen LogP contribution in [0.3, 0.4) is 0 Å². The molecular formula is C19H30FIN6O. The fraction of sp³-hybridized carbons (Fsp3) is 0.632. The molecule has 9 heteroatoms. The predicted molar refractivity (Wildman–Crippen MR) is 120 cm³/mol. The fourth-order valence-electron chi connectivity index (χ4n) is 3.39. The normalized spacial score (nSPS) is 19.6. The minimum absolute atomic E-state index is 0. The van der Waals surface area contributed by atoms with E-state index >= 15 is 0 Å². The molecule has 156 valence electrons. The maximum Gasteiger partial charge on any atom is 0.223 e. The van der Waals surface area contributed by atoms with E-state index < -0.39 is 0 Å². The first-order valence-corrected chi connectivity index (χ1v) is 9.77. The molecule has 1 aromatic heterocycles. The summed E-state index contributed by atoms with van der Waals surface area (Å²) in [6.07, 6.45) is 6.59. The highest BCUT2D eigenvalue weighted by Crippen LogP contribution is 2.26. The van der Waals surface area contributed by atoms with Crippen LogP contribution in [0.5, 0.6) is 0 Å². The van der Waals surface area contributed by atoms with E-state index in [1.165, 1.54) is 12.5 Å². The Bertz CT molecular complexity index is 670. The summed E-state index contributed by atoms with van der Waals surface area (Å²) >= 11 is 0. The lowest BCUT2D eigenvalue weighted by Gasteiger charge is -2.24. The number of nitrogens with one attached hydrogen (secondary N) is 3. The first-order chi connectivity index (χ1) is 13.2. The van der Waals surface area contributed by atoms with Crippen molar-refractivity contribution in [3.63, 3.8) is 0 Å². The smallest absolute Gasteiger partial charge is 0.223 e. The van der Waals surface area contributed by atoms with Crippen molar-refractivity contribution in [1.29, 1.82) is 0 Å². The molecule has 2 heterocycles. The summed E-state index contributed by atoms with van der Waals surface area (Å²) in [7, 11) is 1.73. The summed E-state index contributed by atoms with van der Waals surface area (Å²) < 4.78 is 13.9. The van der Waals surface area contributed by atoms with Gasteiger partial charge in [0, 0.05) is 51.4 Å². The Morgan fingerprint density at radius 1 is 1.32 bits per heavy atom. The molecule has 0 bridgehead atoms. The Balaban J connectivity index is 0.00000280. The van der Waals surface area contributed by atoms with Crippen LogP contribution in [0.2, 0.25) is 0 Å². The van der Waals surface area contributed by atoms with Gasteiger partial charge in [-0.05, 0) is 37.8 Å². The molecule has 3 N–H and O–H groups in total. The van der Waals surface area contributed by atoms with Crippen molar-refractivity contribution in [3.8, 4) is 0 Å². The molecule has 1 saturated carbocycles. The molecule has 1 atom stereocenters. The average Bonchev–Trinajstić information content (AvgIpc) is 3.07. The van der Waals surface area contributed by atoms with Crippen LogP contribution in [-0.2, 0) is 4.79 Å². The van der Waals surface area contributed by atoms with Gasteiger partial charge >= 0.3 is 0 Å². The quantitative estimate of drug-likeness (QED) is 0.229. The molecule has 1 unspecified atom stereocenters. The van der Waals surface area contributed by atoms with Crippen LogP contribution in [0.4, 0.5) is 10.2 Å². The second-order valence-corrected chi connectivity index (χ2v) is 7.16. The highest BCUT2D eigenvalue weighted by atomic mass is 127. The fourth-order valence-corrected chi connectivity index (χ4v) is 3.39. The number of amides is 1. The monoisotopic (exact) mass is 504 g/mol. The van der Waals surface area contributed by atoms with Crippen LogP contribution in [-0.4, -0.2) is 56.1 Å². The maximum absolute atomic E-state index is 13.9. The third kappa shape index (κ3) is 6.18. The molecule has 2 aliphatic rings. The Kier molecular flexibility index (Phi) is 9.20. The molecule has 7 nitrogen and oxygen atoms in total. The van der Waals surface area contributed by atoms with E-state index in [4.69, 9.17) is 0 Å². The molecule has 28 heavy (non-hydrogen) atoms. The number of aliphatic imine (C=N–C) groups is 1. The molecular weight excluding hydrogens is 474 g/mol. The van der Waals surface area contributed by atoms with Crippen molar-refractivity contribution in [3.05, 3.63) is 24.1 Å². The summed E-state index contributed by atoms with van der Waals surface area (Å²) in [5, 5.41) is 9.64. The summed E-state index contributed by atoms with van der Waals surface area (Å²) in [6.45, 7) is 2.85. The van der Waals surface area contributed by atoms with Crippen molar-refractivity contribution < 1.29 is 9.18 Å². The van der Waals surface area contributed by atoms with Gasteiger partial charge in [0.15, 0.2) is 17.6 Å². The van der Waals surface area contributed by atoms with Gasteiger partial charge in [-0.3, -0.25) is 9.79 Å². The number of aromatic nitrogens is 1. The number of guanidine groups is 1. The number of carbonyl (C=O) groups excluding carboxylic acids is 1. The standard InChI is InChI=1S/C19H29FN6O.HI/c1-21-19(24-11-4-10-23-18(27)14-5-2-6-14)25-15-8-12-26(13-15)17-16(20)7-3-9-22-17;/h3,7,9,14-15H,2,4-6,8,10-13H2,1H3,(H,23,27)(H2,21,24,25);1H. The SMILES string of the molecule is CN=C(NCCCNC(=O)C1CCC1)NC1CCN(c2ncccc2F)C1.I. The van der Waals surface area contributed by atoms with Crippen LogP contribution in [0.25, 0.3) is 0 Å². The van der Waals surface area contributed by atoms with E-state index in [2.05, 4.69) is 25.9 Å². The minimum Gasteiger partial charge on any atom is -0.356 e. The van der Waals surface area contributed by atoms with Gasteiger partial charge in [-0.1, -0.05) is 6.42 Å². The van der Waals surface area contributed by atoms with Gasteiger partial charge in [-0.25, -0.2) is 9.37 Å². The second-order valence-electron chi connectivity index (χ2n) is 7.16. The van der Waals surface area contributed by atoms with Crippen LogP contribution in [0.15, 0.2) is 23.3 Å². The van der Waals surface area contributed by atoms with Crippen LogP contribution in [0, 0.1) is 11.7 Å². The van der Waals surface area contributed by atoms with Crippen molar-refractivity contribution in [2.45, 2.75) is 38.1 Å². The zero-order chi connectivity index (χ0) is 19.1. The highest BCUT2D eigenvalue weighted by Gasteiger charge is 2.26. The molecule has 1 aliphatic carbocycles.